The third-order valence-corrected chi connectivity index (χ3v) is 6.15. The predicted octanol–water partition coefficient (Wildman–Crippen LogP) is 5.54. The summed E-state index contributed by atoms with van der Waals surface area (Å²) in [6.07, 6.45) is 0. The zero-order chi connectivity index (χ0) is 23.3. The number of rotatable bonds is 4. The van der Waals surface area contributed by atoms with Gasteiger partial charge in [-0.3, -0.25) is 14.5 Å². The summed E-state index contributed by atoms with van der Waals surface area (Å²) in [5, 5.41) is 21.4. The van der Waals surface area contributed by atoms with Gasteiger partial charge in [0.1, 0.15) is 11.3 Å². The Morgan fingerprint density at radius 2 is 1.67 bits per heavy atom. The average Bonchev–Trinajstić information content (AvgIpc) is 3.35. The highest BCUT2D eigenvalue weighted by molar-refractivity contribution is 6.20. The lowest BCUT2D eigenvalue weighted by molar-refractivity contribution is -0.117. The number of ketones is 1. The Balaban J connectivity index is 1.69. The quantitative estimate of drug-likeness (QED) is 0.408. The molecule has 6 nitrogen and oxygen atoms in total. The van der Waals surface area contributed by atoms with Crippen LogP contribution in [0, 0.1) is 13.8 Å². The number of furan rings is 1. The van der Waals surface area contributed by atoms with E-state index in [0.717, 1.165) is 16.5 Å². The van der Waals surface area contributed by atoms with Gasteiger partial charge in [0.15, 0.2) is 11.5 Å². The molecule has 1 aromatic heterocycles. The molecule has 1 atom stereocenters. The standard InChI is InChI=1S/C27H21NO5/c1-15-6-5-8-20(16(15)2)28-24(17-10-12-19(29)13-11-17)23(26(31)27(28)32)25(30)22-14-18-7-3-4-9-21(18)33-22/h3-14,24,29,31H,1-2H3. The number of aryl methyl sites for hydroxylation is 1. The van der Waals surface area contributed by atoms with Crippen LogP contribution in [-0.4, -0.2) is 21.9 Å². The van der Waals surface area contributed by atoms with Crippen LogP contribution in [0.4, 0.5) is 5.69 Å². The molecule has 2 heterocycles. The van der Waals surface area contributed by atoms with Crippen molar-refractivity contribution in [2.45, 2.75) is 19.9 Å². The van der Waals surface area contributed by atoms with Crippen molar-refractivity contribution in [1.82, 2.24) is 0 Å². The van der Waals surface area contributed by atoms with E-state index in [2.05, 4.69) is 0 Å². The van der Waals surface area contributed by atoms with Gasteiger partial charge in [-0.2, -0.15) is 0 Å². The normalized spacial score (nSPS) is 16.1. The number of Topliss-reactive ketones (excluding diaryl/α,β-unsaturated/α-hetero) is 1. The van der Waals surface area contributed by atoms with Crippen LogP contribution in [0.25, 0.3) is 11.0 Å². The van der Waals surface area contributed by atoms with Crippen LogP contribution in [0.3, 0.4) is 0 Å². The van der Waals surface area contributed by atoms with Crippen molar-refractivity contribution >= 4 is 28.3 Å². The summed E-state index contributed by atoms with van der Waals surface area (Å²) < 4.78 is 5.75. The summed E-state index contributed by atoms with van der Waals surface area (Å²) in [6.45, 7) is 3.82. The number of fused-ring (bicyclic) bond motifs is 1. The molecule has 2 N–H and O–H groups in total. The fraction of sp³-hybridized carbons (Fsp3) is 0.111. The highest BCUT2D eigenvalue weighted by Crippen LogP contribution is 2.43. The third-order valence-electron chi connectivity index (χ3n) is 6.15. The lowest BCUT2D eigenvalue weighted by atomic mass is 9.94. The van der Waals surface area contributed by atoms with E-state index in [1.165, 1.54) is 17.0 Å². The first-order valence-corrected chi connectivity index (χ1v) is 10.5. The van der Waals surface area contributed by atoms with Crippen molar-refractivity contribution in [3.8, 4) is 5.75 Å². The highest BCUT2D eigenvalue weighted by atomic mass is 16.3. The van der Waals surface area contributed by atoms with Crippen molar-refractivity contribution in [1.29, 1.82) is 0 Å². The van der Waals surface area contributed by atoms with Crippen molar-refractivity contribution in [2.24, 2.45) is 0 Å². The molecule has 1 amide bonds. The average molecular weight is 439 g/mol. The number of anilines is 1. The minimum Gasteiger partial charge on any atom is -0.508 e. The fourth-order valence-electron chi connectivity index (χ4n) is 4.28. The largest absolute Gasteiger partial charge is 0.508 e. The van der Waals surface area contributed by atoms with E-state index in [4.69, 9.17) is 4.42 Å². The van der Waals surface area contributed by atoms with Crippen LogP contribution in [-0.2, 0) is 4.79 Å². The molecule has 5 rings (SSSR count). The molecule has 164 valence electrons. The molecule has 0 saturated heterocycles. The Morgan fingerprint density at radius 1 is 0.939 bits per heavy atom. The van der Waals surface area contributed by atoms with Crippen molar-refractivity contribution in [2.75, 3.05) is 4.90 Å². The molecule has 0 aliphatic carbocycles. The summed E-state index contributed by atoms with van der Waals surface area (Å²) in [5.74, 6) is -1.75. The van der Waals surface area contributed by atoms with Crippen LogP contribution in [0.5, 0.6) is 5.75 Å². The van der Waals surface area contributed by atoms with Crippen molar-refractivity contribution in [3.05, 3.63) is 107 Å². The van der Waals surface area contributed by atoms with Crippen molar-refractivity contribution < 1.29 is 24.2 Å². The molecule has 0 saturated carbocycles. The van der Waals surface area contributed by atoms with Crippen LogP contribution >= 0.6 is 0 Å². The number of aliphatic hydroxyl groups is 1. The number of nitrogens with zero attached hydrogens (tertiary/aromatic N) is 1. The topological polar surface area (TPSA) is 91.0 Å². The van der Waals surface area contributed by atoms with E-state index in [1.54, 1.807) is 36.4 Å². The van der Waals surface area contributed by atoms with Gasteiger partial charge in [-0.1, -0.05) is 42.5 Å². The van der Waals surface area contributed by atoms with E-state index >= 15 is 0 Å². The Labute approximate surface area is 190 Å². The molecule has 1 aliphatic heterocycles. The van der Waals surface area contributed by atoms with Crippen LogP contribution in [0.1, 0.15) is 33.3 Å². The van der Waals surface area contributed by atoms with Gasteiger partial charge in [-0.15, -0.1) is 0 Å². The minimum atomic E-state index is -0.890. The Bertz CT molecular complexity index is 1410. The number of carbonyl (C=O) groups excluding carboxylic acids is 2. The number of carbonyl (C=O) groups is 2. The van der Waals surface area contributed by atoms with Crippen LogP contribution in [0.15, 0.2) is 88.5 Å². The first-order valence-electron chi connectivity index (χ1n) is 10.5. The summed E-state index contributed by atoms with van der Waals surface area (Å²) in [5.41, 5.74) is 3.48. The van der Waals surface area contributed by atoms with Crippen LogP contribution < -0.4 is 4.90 Å². The molecule has 0 radical (unpaired) electrons. The Morgan fingerprint density at radius 3 is 2.39 bits per heavy atom. The molecule has 4 aromatic rings. The number of amides is 1. The monoisotopic (exact) mass is 439 g/mol. The molecule has 6 heteroatoms. The SMILES string of the molecule is Cc1cccc(N2C(=O)C(O)=C(C(=O)c3cc4ccccc4o3)C2c2ccc(O)cc2)c1C. The van der Waals surface area contributed by atoms with Gasteiger partial charge in [0.25, 0.3) is 5.91 Å². The maximum absolute atomic E-state index is 13.6. The van der Waals surface area contributed by atoms with E-state index < -0.39 is 23.5 Å². The van der Waals surface area contributed by atoms with Crippen molar-refractivity contribution in [3.63, 3.8) is 0 Å². The zero-order valence-electron chi connectivity index (χ0n) is 18.1. The summed E-state index contributed by atoms with van der Waals surface area (Å²) in [4.78, 5) is 28.4. The molecule has 0 fully saturated rings. The number of hydrogen-bond acceptors (Lipinski definition) is 5. The van der Waals surface area contributed by atoms with E-state index in [9.17, 15) is 19.8 Å². The maximum Gasteiger partial charge on any atom is 0.294 e. The van der Waals surface area contributed by atoms with Gasteiger partial charge in [-0.05, 0) is 60.9 Å². The smallest absolute Gasteiger partial charge is 0.294 e. The van der Waals surface area contributed by atoms with E-state index in [0.29, 0.717) is 16.8 Å². The fourth-order valence-corrected chi connectivity index (χ4v) is 4.28. The number of benzene rings is 3. The molecule has 1 aliphatic rings. The molecule has 3 aromatic carbocycles. The number of phenolic OH excluding ortho intramolecular Hbond substituents is 1. The zero-order valence-corrected chi connectivity index (χ0v) is 18.1. The molecule has 0 bridgehead atoms. The molecule has 0 spiro atoms. The second-order valence-corrected chi connectivity index (χ2v) is 8.13. The predicted molar refractivity (Wildman–Crippen MR) is 124 cm³/mol. The first kappa shape index (κ1) is 20.6. The third kappa shape index (κ3) is 3.27. The number of para-hydroxylation sites is 1. The van der Waals surface area contributed by atoms with Crippen LogP contribution in [0.2, 0.25) is 0 Å². The Hall–Kier alpha value is -4.32. The lowest BCUT2D eigenvalue weighted by Gasteiger charge is -2.28. The molecular weight excluding hydrogens is 418 g/mol. The van der Waals surface area contributed by atoms with E-state index in [-0.39, 0.29) is 17.1 Å². The second kappa shape index (κ2) is 7.67. The van der Waals surface area contributed by atoms with Gasteiger partial charge < -0.3 is 14.6 Å². The highest BCUT2D eigenvalue weighted by Gasteiger charge is 2.45. The number of aliphatic hydroxyl groups excluding tert-OH is 1. The summed E-state index contributed by atoms with van der Waals surface area (Å²) >= 11 is 0. The number of phenols is 1. The van der Waals surface area contributed by atoms with Gasteiger partial charge in [0.05, 0.1) is 11.6 Å². The maximum atomic E-state index is 13.6. The molecular formula is C27H21NO5. The summed E-state index contributed by atoms with van der Waals surface area (Å²) in [7, 11) is 0. The van der Waals surface area contributed by atoms with Gasteiger partial charge in [0, 0.05) is 11.1 Å². The number of hydrogen-bond donors (Lipinski definition) is 2. The number of aromatic hydroxyl groups is 1. The molecule has 33 heavy (non-hydrogen) atoms. The first-order chi connectivity index (χ1) is 15.9. The van der Waals surface area contributed by atoms with Gasteiger partial charge in [0.2, 0.25) is 5.78 Å². The lowest BCUT2D eigenvalue weighted by Crippen LogP contribution is -2.31. The van der Waals surface area contributed by atoms with Gasteiger partial charge in [-0.25, -0.2) is 0 Å². The minimum absolute atomic E-state index is 0.0390. The van der Waals surface area contributed by atoms with Gasteiger partial charge >= 0.3 is 0 Å². The molecule has 1 unspecified atom stereocenters. The Kier molecular flexibility index (Phi) is 4.78. The summed E-state index contributed by atoms with van der Waals surface area (Å²) in [6, 6.07) is 19.7. The second-order valence-electron chi connectivity index (χ2n) is 8.13. The van der Waals surface area contributed by atoms with E-state index in [1.807, 2.05) is 38.1 Å².